The van der Waals surface area contributed by atoms with E-state index in [1.54, 1.807) is 0 Å². The van der Waals surface area contributed by atoms with Gasteiger partial charge in [0.05, 0.1) is 18.0 Å². The predicted octanol–water partition coefficient (Wildman–Crippen LogP) is 0.587. The van der Waals surface area contributed by atoms with Crippen molar-refractivity contribution < 1.29 is 5.11 Å². The fourth-order valence-corrected chi connectivity index (χ4v) is 1.95. The number of nitrogens with zero attached hydrogens (tertiary/aromatic N) is 1. The molecule has 0 aromatic carbocycles. The minimum Gasteiger partial charge on any atom is -0.390 e. The van der Waals surface area contributed by atoms with Crippen LogP contribution in [0.4, 0.5) is 0 Å². The lowest BCUT2D eigenvalue weighted by Gasteiger charge is -2.22. The van der Waals surface area contributed by atoms with Crippen LogP contribution in [0.1, 0.15) is 30.7 Å². The van der Waals surface area contributed by atoms with Crippen molar-refractivity contribution >= 4 is 0 Å². The van der Waals surface area contributed by atoms with Crippen LogP contribution in [0.15, 0.2) is 6.07 Å². The molecule has 2 rings (SSSR count). The van der Waals surface area contributed by atoms with E-state index in [1.165, 1.54) is 19.3 Å². The molecule has 1 saturated heterocycles. The predicted molar refractivity (Wildman–Crippen MR) is 53.9 cm³/mol. The topological polar surface area (TPSA) is 60.9 Å². The number of piperidine rings is 1. The van der Waals surface area contributed by atoms with E-state index < -0.39 is 0 Å². The average molecular weight is 195 g/mol. The van der Waals surface area contributed by atoms with Crippen LogP contribution < -0.4 is 5.32 Å². The summed E-state index contributed by atoms with van der Waals surface area (Å²) in [6, 6.07) is 2.51. The molecule has 78 valence electrons. The molecule has 0 amide bonds. The van der Waals surface area contributed by atoms with E-state index in [0.29, 0.717) is 6.04 Å². The number of aliphatic hydroxyl groups is 1. The fourth-order valence-electron chi connectivity index (χ4n) is 1.95. The zero-order chi connectivity index (χ0) is 9.80. The van der Waals surface area contributed by atoms with Gasteiger partial charge in [0.1, 0.15) is 0 Å². The third-order valence-electron chi connectivity index (χ3n) is 2.72. The first-order chi connectivity index (χ1) is 6.88. The molecule has 0 aliphatic carbocycles. The Morgan fingerprint density at radius 3 is 3.07 bits per heavy atom. The maximum atomic E-state index is 8.87. The van der Waals surface area contributed by atoms with Gasteiger partial charge in [-0.25, -0.2) is 0 Å². The zero-order valence-electron chi connectivity index (χ0n) is 8.29. The Labute approximate surface area is 83.7 Å². The normalized spacial score (nSPS) is 22.5. The molecule has 1 aliphatic heterocycles. The van der Waals surface area contributed by atoms with E-state index in [1.807, 2.05) is 6.07 Å². The van der Waals surface area contributed by atoms with Crippen LogP contribution in [0.2, 0.25) is 0 Å². The minimum atomic E-state index is 0.0467. The van der Waals surface area contributed by atoms with Gasteiger partial charge in [-0.15, -0.1) is 0 Å². The van der Waals surface area contributed by atoms with Gasteiger partial charge in [0.15, 0.2) is 0 Å². The molecule has 0 bridgehead atoms. The Morgan fingerprint density at radius 1 is 1.50 bits per heavy atom. The molecule has 14 heavy (non-hydrogen) atoms. The SMILES string of the molecule is OCc1cc(CC2CCCCN2)n[nH]1. The summed E-state index contributed by atoms with van der Waals surface area (Å²) in [5.74, 6) is 0. The van der Waals surface area contributed by atoms with Crippen LogP contribution in [0.25, 0.3) is 0 Å². The van der Waals surface area contributed by atoms with Crippen molar-refractivity contribution in [2.45, 2.75) is 38.3 Å². The van der Waals surface area contributed by atoms with Crippen LogP contribution in [-0.4, -0.2) is 27.9 Å². The highest BCUT2D eigenvalue weighted by Gasteiger charge is 2.14. The van der Waals surface area contributed by atoms with Crippen molar-refractivity contribution in [2.75, 3.05) is 6.54 Å². The molecule has 0 saturated carbocycles. The van der Waals surface area contributed by atoms with Crippen molar-refractivity contribution in [3.63, 3.8) is 0 Å². The summed E-state index contributed by atoms with van der Waals surface area (Å²) in [5, 5.41) is 19.3. The lowest BCUT2D eigenvalue weighted by molar-refractivity contribution is 0.276. The first kappa shape index (κ1) is 9.68. The molecule has 4 nitrogen and oxygen atoms in total. The molecule has 1 aromatic heterocycles. The first-order valence-electron chi connectivity index (χ1n) is 5.26. The summed E-state index contributed by atoms with van der Waals surface area (Å²) in [7, 11) is 0. The van der Waals surface area contributed by atoms with Crippen LogP contribution in [0.5, 0.6) is 0 Å². The van der Waals surface area contributed by atoms with Crippen molar-refractivity contribution in [1.29, 1.82) is 0 Å². The van der Waals surface area contributed by atoms with E-state index in [2.05, 4.69) is 15.5 Å². The van der Waals surface area contributed by atoms with Crippen molar-refractivity contribution in [3.05, 3.63) is 17.5 Å². The largest absolute Gasteiger partial charge is 0.390 e. The number of aromatic amines is 1. The summed E-state index contributed by atoms with van der Waals surface area (Å²) in [6.07, 6.45) is 4.81. The Kier molecular flexibility index (Phi) is 3.16. The third kappa shape index (κ3) is 2.33. The highest BCUT2D eigenvalue weighted by atomic mass is 16.3. The van der Waals surface area contributed by atoms with Gasteiger partial charge in [-0.05, 0) is 25.5 Å². The number of aromatic nitrogens is 2. The van der Waals surface area contributed by atoms with Gasteiger partial charge in [-0.2, -0.15) is 5.10 Å². The summed E-state index contributed by atoms with van der Waals surface area (Å²) in [6.45, 7) is 1.17. The van der Waals surface area contributed by atoms with Gasteiger partial charge in [0, 0.05) is 12.5 Å². The average Bonchev–Trinajstić information content (AvgIpc) is 2.67. The summed E-state index contributed by atoms with van der Waals surface area (Å²) in [5.41, 5.74) is 1.85. The summed E-state index contributed by atoms with van der Waals surface area (Å²) < 4.78 is 0. The van der Waals surface area contributed by atoms with Crippen molar-refractivity contribution in [1.82, 2.24) is 15.5 Å². The number of rotatable bonds is 3. The van der Waals surface area contributed by atoms with Crippen LogP contribution >= 0.6 is 0 Å². The van der Waals surface area contributed by atoms with Crippen LogP contribution in [0.3, 0.4) is 0 Å². The van der Waals surface area contributed by atoms with E-state index in [0.717, 1.165) is 24.4 Å². The molecule has 4 heteroatoms. The fraction of sp³-hybridized carbons (Fsp3) is 0.700. The second-order valence-electron chi connectivity index (χ2n) is 3.89. The number of hydrogen-bond donors (Lipinski definition) is 3. The minimum absolute atomic E-state index is 0.0467. The van der Waals surface area contributed by atoms with E-state index in [-0.39, 0.29) is 6.61 Å². The highest BCUT2D eigenvalue weighted by molar-refractivity contribution is 5.09. The second-order valence-corrected chi connectivity index (χ2v) is 3.89. The van der Waals surface area contributed by atoms with E-state index in [9.17, 15) is 0 Å². The second kappa shape index (κ2) is 4.57. The van der Waals surface area contributed by atoms with Crippen molar-refractivity contribution in [2.24, 2.45) is 0 Å². The maximum Gasteiger partial charge on any atom is 0.0847 e. The Morgan fingerprint density at radius 2 is 2.43 bits per heavy atom. The molecule has 3 N–H and O–H groups in total. The third-order valence-corrected chi connectivity index (χ3v) is 2.72. The van der Waals surface area contributed by atoms with E-state index in [4.69, 9.17) is 5.11 Å². The number of aliphatic hydroxyl groups excluding tert-OH is 1. The highest BCUT2D eigenvalue weighted by Crippen LogP contribution is 2.11. The van der Waals surface area contributed by atoms with Gasteiger partial charge in [0.25, 0.3) is 0 Å². The lowest BCUT2D eigenvalue weighted by Crippen LogP contribution is -2.35. The number of H-pyrrole nitrogens is 1. The lowest BCUT2D eigenvalue weighted by atomic mass is 10.0. The number of hydrogen-bond acceptors (Lipinski definition) is 3. The summed E-state index contributed by atoms with van der Waals surface area (Å²) >= 11 is 0. The van der Waals surface area contributed by atoms with Gasteiger partial charge >= 0.3 is 0 Å². The molecular formula is C10H17N3O. The van der Waals surface area contributed by atoms with Crippen molar-refractivity contribution in [3.8, 4) is 0 Å². The zero-order valence-corrected chi connectivity index (χ0v) is 8.29. The molecule has 0 radical (unpaired) electrons. The molecule has 1 fully saturated rings. The van der Waals surface area contributed by atoms with Crippen LogP contribution in [-0.2, 0) is 13.0 Å². The van der Waals surface area contributed by atoms with Gasteiger partial charge < -0.3 is 10.4 Å². The molecular weight excluding hydrogens is 178 g/mol. The quantitative estimate of drug-likeness (QED) is 0.661. The van der Waals surface area contributed by atoms with E-state index >= 15 is 0 Å². The molecule has 1 unspecified atom stereocenters. The molecule has 1 aliphatic rings. The molecule has 1 atom stereocenters. The Balaban J connectivity index is 1.89. The summed E-state index contributed by atoms with van der Waals surface area (Å²) in [4.78, 5) is 0. The van der Waals surface area contributed by atoms with Gasteiger partial charge in [-0.1, -0.05) is 6.42 Å². The van der Waals surface area contributed by atoms with Gasteiger partial charge in [-0.3, -0.25) is 5.10 Å². The smallest absolute Gasteiger partial charge is 0.0847 e. The van der Waals surface area contributed by atoms with Gasteiger partial charge in [0.2, 0.25) is 0 Å². The monoisotopic (exact) mass is 195 g/mol. The molecule has 2 heterocycles. The Hall–Kier alpha value is -0.870. The van der Waals surface area contributed by atoms with Crippen LogP contribution in [0, 0.1) is 0 Å². The number of nitrogens with one attached hydrogen (secondary N) is 2. The molecule has 0 spiro atoms. The standard InChI is InChI=1S/C10H17N3O/c14-7-10-6-9(12-13-10)5-8-3-1-2-4-11-8/h6,8,11,14H,1-5,7H2,(H,12,13). The Bertz CT molecular complexity index is 279. The first-order valence-corrected chi connectivity index (χ1v) is 5.26. The maximum absolute atomic E-state index is 8.87. The molecule has 1 aromatic rings.